The van der Waals surface area contributed by atoms with E-state index in [2.05, 4.69) is 18.7 Å². The van der Waals surface area contributed by atoms with Crippen LogP contribution in [0.25, 0.3) is 0 Å². The van der Waals surface area contributed by atoms with Crippen LogP contribution in [0.3, 0.4) is 0 Å². The Morgan fingerprint density at radius 3 is 2.13 bits per heavy atom. The van der Waals surface area contributed by atoms with Crippen molar-refractivity contribution in [3.05, 3.63) is 0 Å². The summed E-state index contributed by atoms with van der Waals surface area (Å²) in [6, 6.07) is 0. The lowest BCUT2D eigenvalue weighted by atomic mass is 9.90. The van der Waals surface area contributed by atoms with Crippen LogP contribution in [-0.2, 0) is 9.53 Å². The number of ether oxygens (including phenoxy) is 1. The molecule has 0 amide bonds. The van der Waals surface area contributed by atoms with E-state index in [1.807, 2.05) is 0 Å². The van der Waals surface area contributed by atoms with E-state index in [1.165, 1.54) is 26.2 Å². The smallest absolute Gasteiger partial charge is 0.304 e. The molecule has 0 heterocycles. The summed E-state index contributed by atoms with van der Waals surface area (Å²) in [6.07, 6.45) is 5.60. The van der Waals surface area contributed by atoms with E-state index < -0.39 is 0 Å². The molecule has 0 unspecified atom stereocenters. The molecule has 88 valence electrons. The maximum Gasteiger partial charge on any atom is 0.304 e. The normalized spacial score (nSPS) is 20.3. The summed E-state index contributed by atoms with van der Waals surface area (Å²) in [5.41, 5.74) is -0.298. The van der Waals surface area contributed by atoms with Gasteiger partial charge in [0.05, 0.1) is 0 Å². The van der Waals surface area contributed by atoms with Crippen molar-refractivity contribution in [2.24, 2.45) is 0 Å². The number of carbonyl (C=O) groups is 1. The summed E-state index contributed by atoms with van der Waals surface area (Å²) >= 11 is 0. The lowest BCUT2D eigenvalue weighted by molar-refractivity contribution is -0.191. The third kappa shape index (κ3) is 2.94. The predicted octanol–water partition coefficient (Wildman–Crippen LogP) is 2.55. The summed E-state index contributed by atoms with van der Waals surface area (Å²) < 4.78 is 5.61. The van der Waals surface area contributed by atoms with E-state index in [-0.39, 0.29) is 11.7 Å². The van der Waals surface area contributed by atoms with Crippen LogP contribution in [0.1, 0.15) is 52.9 Å². The molecule has 0 saturated heterocycles. The molecule has 15 heavy (non-hydrogen) atoms. The van der Waals surface area contributed by atoms with Crippen LogP contribution in [0.5, 0.6) is 0 Å². The molecule has 1 rings (SSSR count). The van der Waals surface area contributed by atoms with Gasteiger partial charge in [0.1, 0.15) is 0 Å². The zero-order chi connectivity index (χ0) is 11.3. The van der Waals surface area contributed by atoms with Gasteiger partial charge in [-0.25, -0.2) is 0 Å². The lowest BCUT2D eigenvalue weighted by Crippen LogP contribution is -2.52. The molecule has 0 aromatic rings. The number of esters is 1. The number of carbonyl (C=O) groups excluding carboxylic acids is 1. The van der Waals surface area contributed by atoms with Crippen molar-refractivity contribution in [3.8, 4) is 0 Å². The Balaban J connectivity index is 2.77. The molecule has 0 atom stereocenters. The van der Waals surface area contributed by atoms with E-state index in [0.29, 0.717) is 0 Å². The van der Waals surface area contributed by atoms with Crippen LogP contribution in [0.2, 0.25) is 0 Å². The summed E-state index contributed by atoms with van der Waals surface area (Å²) in [7, 11) is 0. The minimum absolute atomic E-state index is 0.149. The van der Waals surface area contributed by atoms with Gasteiger partial charge < -0.3 is 4.74 Å². The molecular weight excluding hydrogens is 190 g/mol. The maximum absolute atomic E-state index is 11.2. The second-order valence-electron chi connectivity index (χ2n) is 4.27. The fourth-order valence-corrected chi connectivity index (χ4v) is 2.65. The maximum atomic E-state index is 11.2. The van der Waals surface area contributed by atoms with E-state index in [1.54, 1.807) is 0 Å². The van der Waals surface area contributed by atoms with Gasteiger partial charge in [-0.2, -0.15) is 0 Å². The van der Waals surface area contributed by atoms with Gasteiger partial charge >= 0.3 is 5.97 Å². The molecule has 1 fully saturated rings. The van der Waals surface area contributed by atoms with E-state index in [9.17, 15) is 4.79 Å². The highest BCUT2D eigenvalue weighted by atomic mass is 16.6. The molecule has 1 aliphatic rings. The second kappa shape index (κ2) is 5.50. The fraction of sp³-hybridized carbons (Fsp3) is 0.917. The zero-order valence-electron chi connectivity index (χ0n) is 10.2. The SMILES string of the molecule is CCN(CC)C1(OC(C)=O)CCCCC1. The number of rotatable bonds is 4. The molecule has 0 aliphatic heterocycles. The molecule has 1 saturated carbocycles. The van der Waals surface area contributed by atoms with E-state index in [0.717, 1.165) is 25.9 Å². The van der Waals surface area contributed by atoms with Crippen molar-refractivity contribution >= 4 is 5.97 Å². The first-order valence-corrected chi connectivity index (χ1v) is 6.09. The summed E-state index contributed by atoms with van der Waals surface area (Å²) in [6.45, 7) is 7.67. The van der Waals surface area contributed by atoms with Gasteiger partial charge in [-0.15, -0.1) is 0 Å². The zero-order valence-corrected chi connectivity index (χ0v) is 10.2. The van der Waals surface area contributed by atoms with Crippen LogP contribution in [0.15, 0.2) is 0 Å². The minimum Gasteiger partial charge on any atom is -0.444 e. The highest BCUT2D eigenvalue weighted by molar-refractivity contribution is 5.66. The number of nitrogens with zero attached hydrogens (tertiary/aromatic N) is 1. The van der Waals surface area contributed by atoms with Crippen molar-refractivity contribution in [2.75, 3.05) is 13.1 Å². The van der Waals surface area contributed by atoms with Gasteiger partial charge in [0, 0.05) is 19.8 Å². The quantitative estimate of drug-likeness (QED) is 0.531. The average Bonchev–Trinajstić information content (AvgIpc) is 2.19. The number of hydrogen-bond donors (Lipinski definition) is 0. The largest absolute Gasteiger partial charge is 0.444 e. The number of hydrogen-bond acceptors (Lipinski definition) is 3. The highest BCUT2D eigenvalue weighted by Crippen LogP contribution is 2.34. The Kier molecular flexibility index (Phi) is 4.58. The molecular formula is C12H23NO2. The van der Waals surface area contributed by atoms with Crippen molar-refractivity contribution in [3.63, 3.8) is 0 Å². The predicted molar refractivity (Wildman–Crippen MR) is 60.5 cm³/mol. The summed E-state index contributed by atoms with van der Waals surface area (Å²) in [4.78, 5) is 13.5. The van der Waals surface area contributed by atoms with Gasteiger partial charge in [0.15, 0.2) is 5.72 Å². The molecule has 0 radical (unpaired) electrons. The molecule has 1 aliphatic carbocycles. The van der Waals surface area contributed by atoms with Crippen LogP contribution in [-0.4, -0.2) is 29.7 Å². The summed E-state index contributed by atoms with van der Waals surface area (Å²) in [5, 5.41) is 0. The molecule has 3 heteroatoms. The van der Waals surface area contributed by atoms with Crippen LogP contribution in [0, 0.1) is 0 Å². The van der Waals surface area contributed by atoms with Crippen molar-refractivity contribution in [2.45, 2.75) is 58.6 Å². The first-order chi connectivity index (χ1) is 7.14. The van der Waals surface area contributed by atoms with Crippen LogP contribution in [0.4, 0.5) is 0 Å². The van der Waals surface area contributed by atoms with Crippen molar-refractivity contribution in [1.29, 1.82) is 0 Å². The first-order valence-electron chi connectivity index (χ1n) is 6.09. The third-order valence-corrected chi connectivity index (χ3v) is 3.31. The fourth-order valence-electron chi connectivity index (χ4n) is 2.65. The Morgan fingerprint density at radius 1 is 1.20 bits per heavy atom. The monoisotopic (exact) mass is 213 g/mol. The molecule has 0 aromatic heterocycles. The van der Waals surface area contributed by atoms with Gasteiger partial charge in [0.2, 0.25) is 0 Å². The van der Waals surface area contributed by atoms with Crippen molar-refractivity contribution in [1.82, 2.24) is 4.90 Å². The van der Waals surface area contributed by atoms with Crippen LogP contribution < -0.4 is 0 Å². The Bertz CT molecular complexity index is 206. The van der Waals surface area contributed by atoms with Crippen LogP contribution >= 0.6 is 0 Å². The third-order valence-electron chi connectivity index (χ3n) is 3.31. The molecule has 0 spiro atoms. The minimum atomic E-state index is -0.298. The lowest BCUT2D eigenvalue weighted by Gasteiger charge is -2.44. The van der Waals surface area contributed by atoms with Gasteiger partial charge in [0.25, 0.3) is 0 Å². The van der Waals surface area contributed by atoms with Gasteiger partial charge in [-0.05, 0) is 25.9 Å². The first kappa shape index (κ1) is 12.5. The highest BCUT2D eigenvalue weighted by Gasteiger charge is 2.39. The van der Waals surface area contributed by atoms with Gasteiger partial charge in [-0.3, -0.25) is 9.69 Å². The Hall–Kier alpha value is -0.570. The van der Waals surface area contributed by atoms with E-state index in [4.69, 9.17) is 4.74 Å². The average molecular weight is 213 g/mol. The van der Waals surface area contributed by atoms with E-state index >= 15 is 0 Å². The molecule has 3 nitrogen and oxygen atoms in total. The molecule has 0 N–H and O–H groups in total. The Labute approximate surface area is 92.8 Å². The van der Waals surface area contributed by atoms with Crippen molar-refractivity contribution < 1.29 is 9.53 Å². The van der Waals surface area contributed by atoms with Gasteiger partial charge in [-0.1, -0.05) is 20.3 Å². The topological polar surface area (TPSA) is 29.5 Å². The molecule has 0 bridgehead atoms. The standard InChI is InChI=1S/C12H23NO2/c1-4-13(5-2)12(15-11(3)14)9-7-6-8-10-12/h4-10H2,1-3H3. The Morgan fingerprint density at radius 2 is 1.73 bits per heavy atom. The second-order valence-corrected chi connectivity index (χ2v) is 4.27. The molecule has 0 aromatic carbocycles. The summed E-state index contributed by atoms with van der Waals surface area (Å²) in [5.74, 6) is -0.149.